The second-order valence-electron chi connectivity index (χ2n) is 9.01. The summed E-state index contributed by atoms with van der Waals surface area (Å²) in [6.07, 6.45) is 5.48. The fourth-order valence-corrected chi connectivity index (χ4v) is 4.64. The van der Waals surface area contributed by atoms with Crippen LogP contribution in [0.4, 0.5) is 0 Å². The molecule has 2 aromatic rings. The van der Waals surface area contributed by atoms with Gasteiger partial charge in [-0.15, -0.1) is 0 Å². The van der Waals surface area contributed by atoms with E-state index in [0.717, 1.165) is 44.9 Å². The first-order valence-corrected chi connectivity index (χ1v) is 11.6. The molecule has 1 heterocycles. The van der Waals surface area contributed by atoms with E-state index in [1.807, 2.05) is 6.07 Å². The summed E-state index contributed by atoms with van der Waals surface area (Å²) in [5, 5.41) is 2.88. The number of carbonyl (C=O) groups excluding carboxylic acids is 4. The highest BCUT2D eigenvalue weighted by Gasteiger charge is 2.41. The molecule has 3 aliphatic rings. The van der Waals surface area contributed by atoms with Crippen molar-refractivity contribution in [2.75, 3.05) is 0 Å². The maximum atomic E-state index is 13.1. The van der Waals surface area contributed by atoms with Gasteiger partial charge < -0.3 is 10.1 Å². The summed E-state index contributed by atoms with van der Waals surface area (Å²) < 4.78 is 5.62. The number of benzene rings is 2. The third kappa shape index (κ3) is 4.27. The van der Waals surface area contributed by atoms with Crippen LogP contribution in [0.25, 0.3) is 0 Å². The van der Waals surface area contributed by atoms with Gasteiger partial charge in [0.05, 0.1) is 16.7 Å². The number of amides is 3. The number of carbonyl (C=O) groups is 4. The van der Waals surface area contributed by atoms with E-state index in [2.05, 4.69) is 5.32 Å². The summed E-state index contributed by atoms with van der Waals surface area (Å²) in [6.45, 7) is 0. The molecule has 1 aliphatic heterocycles. The van der Waals surface area contributed by atoms with Gasteiger partial charge in [0.1, 0.15) is 0 Å². The Balaban J connectivity index is 1.37. The fraction of sp³-hybridized carbons (Fsp3) is 0.385. The first kappa shape index (κ1) is 21.4. The lowest BCUT2D eigenvalue weighted by Gasteiger charge is -2.29. The summed E-state index contributed by atoms with van der Waals surface area (Å²) in [4.78, 5) is 53.1. The maximum absolute atomic E-state index is 13.1. The van der Waals surface area contributed by atoms with E-state index in [-0.39, 0.29) is 40.9 Å². The molecule has 2 saturated carbocycles. The molecule has 1 N–H and O–H groups in total. The second-order valence-corrected chi connectivity index (χ2v) is 9.01. The van der Waals surface area contributed by atoms with Gasteiger partial charge in [0, 0.05) is 17.6 Å². The summed E-state index contributed by atoms with van der Waals surface area (Å²) in [5.41, 5.74) is 1.24. The Hall–Kier alpha value is -3.48. The van der Waals surface area contributed by atoms with Crippen LogP contribution in [0.3, 0.4) is 0 Å². The topological polar surface area (TPSA) is 92.8 Å². The number of hydrogen-bond donors (Lipinski definition) is 1. The van der Waals surface area contributed by atoms with E-state index >= 15 is 0 Å². The van der Waals surface area contributed by atoms with Crippen LogP contribution < -0.4 is 5.32 Å². The number of esters is 1. The number of fused-ring (bicyclic) bond motifs is 1. The SMILES string of the molecule is O=C(OC(C(=O)NC1CC1)c1ccccc1)c1ccc2c(c1)C(=O)N(C1CCCCC1)C2=O. The van der Waals surface area contributed by atoms with Crippen molar-refractivity contribution >= 4 is 23.7 Å². The number of imide groups is 1. The lowest BCUT2D eigenvalue weighted by molar-refractivity contribution is -0.130. The van der Waals surface area contributed by atoms with Crippen molar-refractivity contribution < 1.29 is 23.9 Å². The molecular formula is C26H26N2O5. The van der Waals surface area contributed by atoms with Crippen LogP contribution in [-0.2, 0) is 9.53 Å². The van der Waals surface area contributed by atoms with E-state index in [1.165, 1.54) is 23.1 Å². The molecule has 0 bridgehead atoms. The third-order valence-electron chi connectivity index (χ3n) is 6.58. The minimum Gasteiger partial charge on any atom is -0.444 e. The quantitative estimate of drug-likeness (QED) is 0.538. The number of nitrogens with zero attached hydrogens (tertiary/aromatic N) is 1. The number of ether oxygens (including phenoxy) is 1. The summed E-state index contributed by atoms with van der Waals surface area (Å²) >= 11 is 0. The molecule has 0 aromatic heterocycles. The monoisotopic (exact) mass is 446 g/mol. The number of nitrogens with one attached hydrogen (secondary N) is 1. The van der Waals surface area contributed by atoms with Crippen molar-refractivity contribution in [3.8, 4) is 0 Å². The molecule has 0 spiro atoms. The van der Waals surface area contributed by atoms with Crippen LogP contribution in [0.2, 0.25) is 0 Å². The third-order valence-corrected chi connectivity index (χ3v) is 6.58. The highest BCUT2D eigenvalue weighted by Crippen LogP contribution is 2.32. The van der Waals surface area contributed by atoms with E-state index in [0.29, 0.717) is 11.1 Å². The molecule has 7 nitrogen and oxygen atoms in total. The van der Waals surface area contributed by atoms with Crippen LogP contribution in [0.1, 0.15) is 87.7 Å². The highest BCUT2D eigenvalue weighted by atomic mass is 16.5. The summed E-state index contributed by atoms with van der Waals surface area (Å²) in [7, 11) is 0. The van der Waals surface area contributed by atoms with Gasteiger partial charge >= 0.3 is 5.97 Å². The minimum absolute atomic E-state index is 0.0878. The highest BCUT2D eigenvalue weighted by molar-refractivity contribution is 6.22. The van der Waals surface area contributed by atoms with E-state index in [1.54, 1.807) is 24.3 Å². The average molecular weight is 447 g/mol. The molecule has 2 aromatic carbocycles. The normalized spacial score (nSPS) is 19.2. The minimum atomic E-state index is -1.09. The van der Waals surface area contributed by atoms with Crippen molar-refractivity contribution in [2.45, 2.75) is 63.1 Å². The van der Waals surface area contributed by atoms with Crippen LogP contribution in [0.5, 0.6) is 0 Å². The largest absolute Gasteiger partial charge is 0.444 e. The van der Waals surface area contributed by atoms with E-state index < -0.39 is 12.1 Å². The number of rotatable bonds is 6. The molecule has 7 heteroatoms. The number of hydrogen-bond acceptors (Lipinski definition) is 5. The first-order valence-electron chi connectivity index (χ1n) is 11.6. The molecule has 2 fully saturated rings. The molecule has 170 valence electrons. The van der Waals surface area contributed by atoms with Gasteiger partial charge in [-0.05, 0) is 43.9 Å². The van der Waals surface area contributed by atoms with Crippen LogP contribution in [0, 0.1) is 0 Å². The summed E-state index contributed by atoms with van der Waals surface area (Å²) in [5.74, 6) is -1.74. The zero-order valence-corrected chi connectivity index (χ0v) is 18.3. The van der Waals surface area contributed by atoms with Gasteiger partial charge in [0.25, 0.3) is 17.7 Å². The lowest BCUT2D eigenvalue weighted by atomic mass is 9.94. The lowest BCUT2D eigenvalue weighted by Crippen LogP contribution is -2.40. The van der Waals surface area contributed by atoms with Crippen molar-refractivity contribution in [1.82, 2.24) is 10.2 Å². The molecule has 1 atom stereocenters. The Labute approximate surface area is 192 Å². The Bertz CT molecular complexity index is 1100. The van der Waals surface area contributed by atoms with Crippen molar-refractivity contribution in [3.05, 3.63) is 70.8 Å². The Morgan fingerprint density at radius 2 is 1.58 bits per heavy atom. The summed E-state index contributed by atoms with van der Waals surface area (Å²) in [6, 6.07) is 13.3. The molecule has 2 aliphatic carbocycles. The predicted molar refractivity (Wildman–Crippen MR) is 120 cm³/mol. The molecule has 0 saturated heterocycles. The smallest absolute Gasteiger partial charge is 0.339 e. The predicted octanol–water partition coefficient (Wildman–Crippen LogP) is 3.79. The Morgan fingerprint density at radius 3 is 2.27 bits per heavy atom. The zero-order valence-electron chi connectivity index (χ0n) is 18.3. The zero-order chi connectivity index (χ0) is 22.9. The van der Waals surface area contributed by atoms with Crippen molar-refractivity contribution in [2.24, 2.45) is 0 Å². The van der Waals surface area contributed by atoms with Gasteiger partial charge in [0.2, 0.25) is 6.10 Å². The molecule has 1 unspecified atom stereocenters. The van der Waals surface area contributed by atoms with Crippen LogP contribution >= 0.6 is 0 Å². The van der Waals surface area contributed by atoms with E-state index in [4.69, 9.17) is 4.74 Å². The molecule has 33 heavy (non-hydrogen) atoms. The van der Waals surface area contributed by atoms with Crippen molar-refractivity contribution in [1.29, 1.82) is 0 Å². The van der Waals surface area contributed by atoms with E-state index in [9.17, 15) is 19.2 Å². The molecular weight excluding hydrogens is 420 g/mol. The molecule has 5 rings (SSSR count). The van der Waals surface area contributed by atoms with Gasteiger partial charge in [0.15, 0.2) is 0 Å². The molecule has 3 amide bonds. The maximum Gasteiger partial charge on any atom is 0.339 e. The molecule has 0 radical (unpaired) electrons. The van der Waals surface area contributed by atoms with Gasteiger partial charge in [-0.25, -0.2) is 4.79 Å². The van der Waals surface area contributed by atoms with Gasteiger partial charge in [-0.1, -0.05) is 49.6 Å². The standard InChI is InChI=1S/C26H26N2O5/c29-23(27-18-12-13-18)22(16-7-3-1-4-8-16)33-26(32)17-11-14-20-21(15-17)25(31)28(24(20)30)19-9-5-2-6-10-19/h1,3-4,7-8,11,14-15,18-19,22H,2,5-6,9-10,12-13H2,(H,27,29). The van der Waals surface area contributed by atoms with Crippen molar-refractivity contribution in [3.63, 3.8) is 0 Å². The van der Waals surface area contributed by atoms with Crippen LogP contribution in [0.15, 0.2) is 48.5 Å². The van der Waals surface area contributed by atoms with Gasteiger partial charge in [-0.2, -0.15) is 0 Å². The first-order chi connectivity index (χ1) is 16.0. The Kier molecular flexibility index (Phi) is 5.70. The Morgan fingerprint density at radius 1 is 0.879 bits per heavy atom. The second kappa shape index (κ2) is 8.81. The fourth-order valence-electron chi connectivity index (χ4n) is 4.64. The van der Waals surface area contributed by atoms with Gasteiger partial charge in [-0.3, -0.25) is 19.3 Å². The average Bonchev–Trinajstić information content (AvgIpc) is 3.63. The van der Waals surface area contributed by atoms with Crippen LogP contribution in [-0.4, -0.2) is 40.7 Å².